The molecule has 0 bridgehead atoms. The molecule has 3 aliphatic rings. The molecule has 2 aliphatic heterocycles. The largest absolute Gasteiger partial charge is 0.381 e. The SMILES string of the molecule is CN1CC(COCC2CC2)CC12CN(C(=O)c1cc(=O)[nH]cn1)C2. The summed E-state index contributed by atoms with van der Waals surface area (Å²) in [5, 5.41) is 0. The van der Waals surface area contributed by atoms with E-state index in [-0.39, 0.29) is 22.7 Å². The van der Waals surface area contributed by atoms with Crippen molar-refractivity contribution in [2.45, 2.75) is 24.8 Å². The molecular formula is C17H24N4O3. The van der Waals surface area contributed by atoms with Crippen molar-refractivity contribution >= 4 is 5.91 Å². The zero-order chi connectivity index (χ0) is 16.7. The molecule has 0 aromatic carbocycles. The number of carbonyl (C=O) groups excluding carboxylic acids is 1. The van der Waals surface area contributed by atoms with Crippen LogP contribution >= 0.6 is 0 Å². The Bertz CT molecular complexity index is 678. The van der Waals surface area contributed by atoms with Crippen LogP contribution in [0.25, 0.3) is 0 Å². The van der Waals surface area contributed by atoms with Crippen LogP contribution in [-0.2, 0) is 4.74 Å². The number of hydrogen-bond donors (Lipinski definition) is 1. The first kappa shape index (κ1) is 15.8. The van der Waals surface area contributed by atoms with Crippen molar-refractivity contribution in [2.24, 2.45) is 11.8 Å². The third-order valence-corrected chi connectivity index (χ3v) is 5.57. The van der Waals surface area contributed by atoms with Crippen LogP contribution in [-0.4, -0.2) is 71.1 Å². The Labute approximate surface area is 141 Å². The van der Waals surface area contributed by atoms with Crippen LogP contribution in [0.15, 0.2) is 17.2 Å². The van der Waals surface area contributed by atoms with Crippen LogP contribution in [0.1, 0.15) is 29.8 Å². The third-order valence-electron chi connectivity index (χ3n) is 5.57. The maximum atomic E-state index is 12.4. The fourth-order valence-corrected chi connectivity index (χ4v) is 3.96. The third kappa shape index (κ3) is 2.98. The molecule has 3 heterocycles. The summed E-state index contributed by atoms with van der Waals surface area (Å²) in [6.45, 7) is 4.17. The van der Waals surface area contributed by atoms with E-state index in [0.717, 1.165) is 32.1 Å². The number of nitrogens with one attached hydrogen (secondary N) is 1. The summed E-state index contributed by atoms with van der Waals surface area (Å²) < 4.78 is 5.85. The first-order valence-corrected chi connectivity index (χ1v) is 8.69. The average Bonchev–Trinajstić information content (AvgIpc) is 3.27. The van der Waals surface area contributed by atoms with Gasteiger partial charge in [0.2, 0.25) is 0 Å². The van der Waals surface area contributed by atoms with Gasteiger partial charge in [0.1, 0.15) is 5.69 Å². The number of hydrogen-bond acceptors (Lipinski definition) is 5. The Hall–Kier alpha value is -1.73. The Morgan fingerprint density at radius 3 is 2.83 bits per heavy atom. The van der Waals surface area contributed by atoms with Gasteiger partial charge in [-0.15, -0.1) is 0 Å². The second kappa shape index (κ2) is 5.97. The Morgan fingerprint density at radius 1 is 1.38 bits per heavy atom. The lowest BCUT2D eigenvalue weighted by Crippen LogP contribution is -2.68. The lowest BCUT2D eigenvalue weighted by atomic mass is 9.84. The zero-order valence-electron chi connectivity index (χ0n) is 14.0. The molecule has 2 saturated heterocycles. The molecule has 1 amide bonds. The second-order valence-corrected chi connectivity index (χ2v) is 7.61. The van der Waals surface area contributed by atoms with Crippen LogP contribution in [0.2, 0.25) is 0 Å². The smallest absolute Gasteiger partial charge is 0.272 e. The Morgan fingerprint density at radius 2 is 2.12 bits per heavy atom. The number of nitrogens with zero attached hydrogens (tertiary/aromatic N) is 3. The van der Waals surface area contributed by atoms with E-state index in [0.29, 0.717) is 19.0 Å². The molecule has 1 N–H and O–H groups in total. The van der Waals surface area contributed by atoms with Gasteiger partial charge in [-0.25, -0.2) is 4.98 Å². The van der Waals surface area contributed by atoms with Crippen molar-refractivity contribution in [3.05, 3.63) is 28.4 Å². The van der Waals surface area contributed by atoms with Crippen LogP contribution in [0, 0.1) is 11.8 Å². The maximum absolute atomic E-state index is 12.4. The molecule has 1 saturated carbocycles. The molecule has 1 aliphatic carbocycles. The molecule has 24 heavy (non-hydrogen) atoms. The van der Waals surface area contributed by atoms with Gasteiger partial charge in [-0.2, -0.15) is 0 Å². The summed E-state index contributed by atoms with van der Waals surface area (Å²) in [6.07, 6.45) is 4.99. The van der Waals surface area contributed by atoms with E-state index in [1.165, 1.54) is 25.2 Å². The van der Waals surface area contributed by atoms with E-state index >= 15 is 0 Å². The molecule has 0 radical (unpaired) electrons. The molecule has 1 atom stereocenters. The van der Waals surface area contributed by atoms with Crippen LogP contribution in [0.5, 0.6) is 0 Å². The number of aromatic nitrogens is 2. The highest BCUT2D eigenvalue weighted by atomic mass is 16.5. The van der Waals surface area contributed by atoms with E-state index < -0.39 is 0 Å². The van der Waals surface area contributed by atoms with Crippen molar-refractivity contribution in [1.29, 1.82) is 0 Å². The van der Waals surface area contributed by atoms with Gasteiger partial charge in [-0.3, -0.25) is 14.5 Å². The van der Waals surface area contributed by atoms with E-state index in [4.69, 9.17) is 4.74 Å². The molecule has 130 valence electrons. The topological polar surface area (TPSA) is 78.5 Å². The molecule has 1 unspecified atom stereocenters. The lowest BCUT2D eigenvalue weighted by Gasteiger charge is -2.51. The predicted octanol–water partition coefficient (Wildman–Crippen LogP) is 0.343. The normalized spacial score (nSPS) is 25.9. The molecule has 1 aromatic heterocycles. The molecule has 7 nitrogen and oxygen atoms in total. The fourth-order valence-electron chi connectivity index (χ4n) is 3.96. The number of likely N-dealkylation sites (N-methyl/N-ethyl adjacent to an activating group) is 1. The van der Waals surface area contributed by atoms with Crippen molar-refractivity contribution in [3.63, 3.8) is 0 Å². The van der Waals surface area contributed by atoms with E-state index in [2.05, 4.69) is 21.9 Å². The van der Waals surface area contributed by atoms with Gasteiger partial charge < -0.3 is 14.6 Å². The average molecular weight is 332 g/mol. The lowest BCUT2D eigenvalue weighted by molar-refractivity contribution is -0.00839. The molecule has 1 spiro atoms. The molecular weight excluding hydrogens is 308 g/mol. The van der Waals surface area contributed by atoms with Crippen LogP contribution in [0.4, 0.5) is 0 Å². The van der Waals surface area contributed by atoms with Gasteiger partial charge in [0.05, 0.1) is 18.5 Å². The Kier molecular flexibility index (Phi) is 3.92. The van der Waals surface area contributed by atoms with Crippen LogP contribution in [0.3, 0.4) is 0 Å². The number of carbonyl (C=O) groups is 1. The minimum absolute atomic E-state index is 0.0739. The standard InChI is InChI=1S/C17H24N4O3/c1-20-6-13(8-24-7-12-2-3-12)5-17(20)9-21(10-17)16(23)14-4-15(22)19-11-18-14/h4,11-13H,2-3,5-10H2,1H3,(H,18,19,22). The summed E-state index contributed by atoms with van der Waals surface area (Å²) in [7, 11) is 2.13. The van der Waals surface area contributed by atoms with Crippen LogP contribution < -0.4 is 5.56 Å². The van der Waals surface area contributed by atoms with Gasteiger partial charge in [-0.1, -0.05) is 0 Å². The number of rotatable bonds is 5. The van der Waals surface area contributed by atoms with Gasteiger partial charge in [-0.05, 0) is 38.1 Å². The van der Waals surface area contributed by atoms with Gasteiger partial charge in [0.25, 0.3) is 11.5 Å². The predicted molar refractivity (Wildman–Crippen MR) is 87.8 cm³/mol. The van der Waals surface area contributed by atoms with Crippen molar-refractivity contribution < 1.29 is 9.53 Å². The maximum Gasteiger partial charge on any atom is 0.272 e. The summed E-state index contributed by atoms with van der Waals surface area (Å²) in [4.78, 5) is 34.3. The van der Waals surface area contributed by atoms with Gasteiger partial charge in [0, 0.05) is 32.3 Å². The minimum Gasteiger partial charge on any atom is -0.381 e. The highest BCUT2D eigenvalue weighted by Crippen LogP contribution is 2.40. The molecule has 1 aromatic rings. The molecule has 7 heteroatoms. The second-order valence-electron chi connectivity index (χ2n) is 7.61. The number of aromatic amines is 1. The summed E-state index contributed by atoms with van der Waals surface area (Å²) in [6, 6.07) is 1.26. The van der Waals surface area contributed by atoms with Gasteiger partial charge in [0.15, 0.2) is 0 Å². The van der Waals surface area contributed by atoms with Crippen molar-refractivity contribution in [3.8, 4) is 0 Å². The molecule has 3 fully saturated rings. The number of H-pyrrole nitrogens is 1. The first-order valence-electron chi connectivity index (χ1n) is 8.69. The summed E-state index contributed by atoms with van der Waals surface area (Å²) in [5.41, 5.74) is -0.00204. The first-order chi connectivity index (χ1) is 11.6. The number of likely N-dealkylation sites (tertiary alicyclic amines) is 2. The highest BCUT2D eigenvalue weighted by molar-refractivity contribution is 5.93. The fraction of sp³-hybridized carbons (Fsp3) is 0.706. The zero-order valence-corrected chi connectivity index (χ0v) is 14.0. The molecule has 4 rings (SSSR count). The minimum atomic E-state index is -0.297. The van der Waals surface area contributed by atoms with Gasteiger partial charge >= 0.3 is 0 Å². The van der Waals surface area contributed by atoms with Crippen molar-refractivity contribution in [1.82, 2.24) is 19.8 Å². The van der Waals surface area contributed by atoms with E-state index in [1.807, 2.05) is 0 Å². The summed E-state index contributed by atoms with van der Waals surface area (Å²) in [5.74, 6) is 1.19. The number of amides is 1. The monoisotopic (exact) mass is 332 g/mol. The Balaban J connectivity index is 1.31. The quantitative estimate of drug-likeness (QED) is 0.841. The van der Waals surface area contributed by atoms with Crippen molar-refractivity contribution in [2.75, 3.05) is 39.9 Å². The van der Waals surface area contributed by atoms with E-state index in [9.17, 15) is 9.59 Å². The summed E-state index contributed by atoms with van der Waals surface area (Å²) >= 11 is 0. The highest BCUT2D eigenvalue weighted by Gasteiger charge is 2.53. The van der Waals surface area contributed by atoms with E-state index in [1.54, 1.807) is 4.90 Å². The number of ether oxygens (including phenoxy) is 1.